The van der Waals surface area contributed by atoms with Crippen molar-refractivity contribution in [3.8, 4) is 0 Å². The Balaban J connectivity index is 2.30. The summed E-state index contributed by atoms with van der Waals surface area (Å²) in [4.78, 5) is 3.67. The van der Waals surface area contributed by atoms with Crippen molar-refractivity contribution in [3.63, 3.8) is 0 Å². The maximum atomic E-state index is 4.07. The maximum Gasteiger partial charge on any atom is 0.0328 e. The van der Waals surface area contributed by atoms with Crippen LogP contribution in [0.25, 0.3) is 0 Å². The van der Waals surface area contributed by atoms with E-state index in [1.54, 1.807) is 11.3 Å². The molecule has 16 heavy (non-hydrogen) atoms. The molecule has 0 fully saturated rings. The minimum absolute atomic E-state index is 0.912. The van der Waals surface area contributed by atoms with Gasteiger partial charge in [0.2, 0.25) is 0 Å². The summed E-state index contributed by atoms with van der Waals surface area (Å²) < 4.78 is 1.17. The van der Waals surface area contributed by atoms with Crippen LogP contribution in [0, 0.1) is 0 Å². The van der Waals surface area contributed by atoms with Gasteiger partial charge in [-0.15, -0.1) is 11.3 Å². The zero-order chi connectivity index (χ0) is 12.0. The zero-order valence-electron chi connectivity index (χ0n) is 9.92. The molecule has 1 heterocycles. The van der Waals surface area contributed by atoms with Crippen LogP contribution < -0.4 is 5.32 Å². The topological polar surface area (TPSA) is 15.3 Å². The Morgan fingerprint density at radius 3 is 2.94 bits per heavy atom. The summed E-state index contributed by atoms with van der Waals surface area (Å²) in [6, 6.07) is 2.17. The van der Waals surface area contributed by atoms with Gasteiger partial charge >= 0.3 is 0 Å². The van der Waals surface area contributed by atoms with Crippen LogP contribution >= 0.6 is 27.3 Å². The molecule has 0 aliphatic carbocycles. The summed E-state index contributed by atoms with van der Waals surface area (Å²) in [6.07, 6.45) is 0. The highest BCUT2D eigenvalue weighted by Gasteiger charge is 2.04. The average Bonchev–Trinajstić information content (AvgIpc) is 2.60. The first kappa shape index (κ1) is 13.9. The molecular weight excluding hydrogens is 284 g/mol. The van der Waals surface area contributed by atoms with Crippen LogP contribution in [0.4, 0.5) is 0 Å². The predicted molar refractivity (Wildman–Crippen MR) is 76.0 cm³/mol. The molecule has 0 aliphatic rings. The van der Waals surface area contributed by atoms with Gasteiger partial charge in [0.1, 0.15) is 0 Å². The molecule has 0 radical (unpaired) electrons. The number of nitrogens with one attached hydrogen (secondary N) is 1. The van der Waals surface area contributed by atoms with Crippen molar-refractivity contribution in [3.05, 3.63) is 32.9 Å². The summed E-state index contributed by atoms with van der Waals surface area (Å²) in [6.45, 7) is 10.0. The summed E-state index contributed by atoms with van der Waals surface area (Å²) in [5.74, 6) is 0. The minimum Gasteiger partial charge on any atom is -0.313 e. The number of hydrogen-bond donors (Lipinski definition) is 1. The number of halogens is 1. The van der Waals surface area contributed by atoms with Crippen molar-refractivity contribution in [2.75, 3.05) is 26.7 Å². The van der Waals surface area contributed by atoms with Crippen LogP contribution in [0.1, 0.15) is 11.8 Å². The summed E-state index contributed by atoms with van der Waals surface area (Å²) in [7, 11) is 2.13. The van der Waals surface area contributed by atoms with Gasteiger partial charge < -0.3 is 5.32 Å². The lowest BCUT2D eigenvalue weighted by Gasteiger charge is -2.17. The van der Waals surface area contributed by atoms with E-state index in [1.807, 2.05) is 0 Å². The SMILES string of the molecule is C=C(CNCC)CN(C)Cc1cc(Br)cs1. The fourth-order valence-corrected chi connectivity index (χ4v) is 3.03. The van der Waals surface area contributed by atoms with Gasteiger partial charge in [0.25, 0.3) is 0 Å². The van der Waals surface area contributed by atoms with Crippen molar-refractivity contribution >= 4 is 27.3 Å². The molecule has 0 saturated heterocycles. The Kier molecular flexibility index (Phi) is 6.28. The molecule has 0 atom stereocenters. The molecule has 0 amide bonds. The van der Waals surface area contributed by atoms with Gasteiger partial charge in [-0.05, 0) is 41.2 Å². The molecule has 2 nitrogen and oxygen atoms in total. The van der Waals surface area contributed by atoms with E-state index in [0.717, 1.165) is 26.2 Å². The Hall–Kier alpha value is -0.160. The fraction of sp³-hybridized carbons (Fsp3) is 0.500. The van der Waals surface area contributed by atoms with Crippen LogP contribution in [0.15, 0.2) is 28.1 Å². The third-order valence-corrected chi connectivity index (χ3v) is 3.85. The molecule has 1 N–H and O–H groups in total. The van der Waals surface area contributed by atoms with Gasteiger partial charge in [-0.3, -0.25) is 4.90 Å². The normalized spacial score (nSPS) is 11.0. The molecule has 4 heteroatoms. The lowest BCUT2D eigenvalue weighted by molar-refractivity contribution is 0.355. The number of likely N-dealkylation sites (N-methyl/N-ethyl adjacent to an activating group) is 2. The number of thiophene rings is 1. The van der Waals surface area contributed by atoms with E-state index in [4.69, 9.17) is 0 Å². The molecule has 90 valence electrons. The second-order valence-corrected chi connectivity index (χ2v) is 5.85. The third kappa shape index (κ3) is 5.25. The van der Waals surface area contributed by atoms with Crippen LogP contribution in [-0.4, -0.2) is 31.6 Å². The van der Waals surface area contributed by atoms with Gasteiger partial charge in [0.05, 0.1) is 0 Å². The summed E-state index contributed by atoms with van der Waals surface area (Å²) in [5, 5.41) is 5.41. The Morgan fingerprint density at radius 2 is 2.38 bits per heavy atom. The molecule has 0 spiro atoms. The van der Waals surface area contributed by atoms with Crippen molar-refractivity contribution < 1.29 is 0 Å². The van der Waals surface area contributed by atoms with E-state index < -0.39 is 0 Å². The quantitative estimate of drug-likeness (QED) is 0.779. The molecule has 1 rings (SSSR count). The van der Waals surface area contributed by atoms with E-state index in [1.165, 1.54) is 14.9 Å². The summed E-state index contributed by atoms with van der Waals surface area (Å²) >= 11 is 5.26. The maximum absolute atomic E-state index is 4.07. The highest BCUT2D eigenvalue weighted by Crippen LogP contribution is 2.20. The van der Waals surface area contributed by atoms with Crippen LogP contribution in [0.2, 0.25) is 0 Å². The Bertz CT molecular complexity index is 336. The number of rotatable bonds is 7. The van der Waals surface area contributed by atoms with Crippen LogP contribution in [-0.2, 0) is 6.54 Å². The van der Waals surface area contributed by atoms with Crippen LogP contribution in [0.3, 0.4) is 0 Å². The number of hydrogen-bond acceptors (Lipinski definition) is 3. The molecule has 1 aromatic rings. The lowest BCUT2D eigenvalue weighted by atomic mass is 10.3. The first-order chi connectivity index (χ1) is 7.61. The van der Waals surface area contributed by atoms with Crippen molar-refractivity contribution in [1.29, 1.82) is 0 Å². The van der Waals surface area contributed by atoms with Crippen molar-refractivity contribution in [2.45, 2.75) is 13.5 Å². The van der Waals surface area contributed by atoms with Crippen molar-refractivity contribution in [1.82, 2.24) is 10.2 Å². The molecular formula is C12H19BrN2S. The monoisotopic (exact) mass is 302 g/mol. The minimum atomic E-state index is 0.912. The van der Waals surface area contributed by atoms with Gasteiger partial charge in [-0.25, -0.2) is 0 Å². The fourth-order valence-electron chi connectivity index (χ4n) is 1.50. The highest BCUT2D eigenvalue weighted by molar-refractivity contribution is 9.10. The third-order valence-electron chi connectivity index (χ3n) is 2.17. The van der Waals surface area contributed by atoms with E-state index in [0.29, 0.717) is 0 Å². The summed E-state index contributed by atoms with van der Waals surface area (Å²) in [5.41, 5.74) is 1.24. The molecule has 0 aliphatic heterocycles. The first-order valence-corrected chi connectivity index (χ1v) is 7.08. The predicted octanol–water partition coefficient (Wildman–Crippen LogP) is 3.11. The second-order valence-electron chi connectivity index (χ2n) is 3.93. The number of nitrogens with zero attached hydrogens (tertiary/aromatic N) is 1. The molecule has 0 saturated carbocycles. The van der Waals surface area contributed by atoms with Gasteiger partial charge in [0.15, 0.2) is 0 Å². The van der Waals surface area contributed by atoms with Crippen LogP contribution in [0.5, 0.6) is 0 Å². The lowest BCUT2D eigenvalue weighted by Crippen LogP contribution is -2.25. The smallest absolute Gasteiger partial charge is 0.0328 e. The zero-order valence-corrected chi connectivity index (χ0v) is 12.3. The van der Waals surface area contributed by atoms with E-state index in [-0.39, 0.29) is 0 Å². The van der Waals surface area contributed by atoms with Crippen molar-refractivity contribution in [2.24, 2.45) is 0 Å². The van der Waals surface area contributed by atoms with Gasteiger partial charge in [-0.1, -0.05) is 13.5 Å². The van der Waals surface area contributed by atoms with E-state index in [2.05, 4.69) is 58.1 Å². The standard InChI is InChI=1S/C12H19BrN2S/c1-4-14-6-10(2)7-15(3)8-12-5-11(13)9-16-12/h5,9,14H,2,4,6-8H2,1,3H3. The molecule has 0 bridgehead atoms. The van der Waals surface area contributed by atoms with E-state index in [9.17, 15) is 0 Å². The van der Waals surface area contributed by atoms with Gasteiger partial charge in [-0.2, -0.15) is 0 Å². The first-order valence-electron chi connectivity index (χ1n) is 5.40. The Labute approximate surface area is 110 Å². The highest BCUT2D eigenvalue weighted by atomic mass is 79.9. The second kappa shape index (κ2) is 7.22. The van der Waals surface area contributed by atoms with E-state index >= 15 is 0 Å². The average molecular weight is 303 g/mol. The Morgan fingerprint density at radius 1 is 1.62 bits per heavy atom. The molecule has 0 unspecified atom stereocenters. The molecule has 1 aromatic heterocycles. The van der Waals surface area contributed by atoms with Gasteiger partial charge in [0, 0.05) is 34.4 Å². The largest absolute Gasteiger partial charge is 0.313 e. The molecule has 0 aromatic carbocycles.